The molecule has 0 fully saturated rings. The number of amides is 1. The minimum Gasteiger partial charge on any atom is -0.465 e. The van der Waals surface area contributed by atoms with E-state index >= 15 is 0 Å². The van der Waals surface area contributed by atoms with Gasteiger partial charge in [-0.3, -0.25) is 9.69 Å². The van der Waals surface area contributed by atoms with E-state index in [2.05, 4.69) is 0 Å². The SMILES string of the molecule is COC(=O)c1cc(N2C(=O)/C(=C/c3ccccc3)C=C2c2ccc(Cl)cc2)ccc1Cl. The Morgan fingerprint density at radius 3 is 2.35 bits per heavy atom. The fourth-order valence-corrected chi connectivity index (χ4v) is 3.67. The fourth-order valence-electron chi connectivity index (χ4n) is 3.35. The van der Waals surface area contributed by atoms with Gasteiger partial charge >= 0.3 is 5.97 Å². The molecule has 154 valence electrons. The highest BCUT2D eigenvalue weighted by molar-refractivity contribution is 6.34. The summed E-state index contributed by atoms with van der Waals surface area (Å²) in [5, 5.41) is 0.846. The van der Waals surface area contributed by atoms with Crippen LogP contribution in [-0.4, -0.2) is 19.0 Å². The van der Waals surface area contributed by atoms with Crippen molar-refractivity contribution in [1.82, 2.24) is 0 Å². The van der Waals surface area contributed by atoms with Gasteiger partial charge in [0.05, 0.1) is 29.1 Å². The van der Waals surface area contributed by atoms with Crippen LogP contribution in [0.4, 0.5) is 5.69 Å². The van der Waals surface area contributed by atoms with Crippen molar-refractivity contribution < 1.29 is 14.3 Å². The van der Waals surface area contributed by atoms with Crippen molar-refractivity contribution in [3.63, 3.8) is 0 Å². The number of esters is 1. The number of halogens is 2. The number of benzene rings is 3. The maximum atomic E-state index is 13.4. The summed E-state index contributed by atoms with van der Waals surface area (Å²) in [6.45, 7) is 0. The van der Waals surface area contributed by atoms with Crippen molar-refractivity contribution in [2.24, 2.45) is 0 Å². The molecule has 3 aromatic rings. The first kappa shape index (κ1) is 20.9. The van der Waals surface area contributed by atoms with Gasteiger partial charge in [0.2, 0.25) is 0 Å². The van der Waals surface area contributed by atoms with Crippen LogP contribution in [0.1, 0.15) is 21.5 Å². The molecule has 0 aliphatic carbocycles. The van der Waals surface area contributed by atoms with E-state index in [-0.39, 0.29) is 16.5 Å². The monoisotopic (exact) mass is 449 g/mol. The number of rotatable bonds is 4. The summed E-state index contributed by atoms with van der Waals surface area (Å²) in [7, 11) is 1.28. The van der Waals surface area contributed by atoms with Gasteiger partial charge < -0.3 is 4.74 Å². The highest BCUT2D eigenvalue weighted by Crippen LogP contribution is 2.37. The number of anilines is 1. The van der Waals surface area contributed by atoms with Gasteiger partial charge in [0, 0.05) is 10.6 Å². The minimum absolute atomic E-state index is 0.186. The Balaban J connectivity index is 1.84. The lowest BCUT2D eigenvalue weighted by molar-refractivity contribution is -0.113. The zero-order chi connectivity index (χ0) is 22.0. The topological polar surface area (TPSA) is 46.6 Å². The fraction of sp³-hybridized carbons (Fsp3) is 0.0400. The predicted octanol–water partition coefficient (Wildman–Crippen LogP) is 6.25. The molecule has 3 aromatic carbocycles. The highest BCUT2D eigenvalue weighted by atomic mass is 35.5. The maximum absolute atomic E-state index is 13.4. The predicted molar refractivity (Wildman–Crippen MR) is 124 cm³/mol. The lowest BCUT2D eigenvalue weighted by Crippen LogP contribution is -2.25. The van der Waals surface area contributed by atoms with E-state index in [0.717, 1.165) is 11.1 Å². The summed E-state index contributed by atoms with van der Waals surface area (Å²) in [5.41, 5.74) is 3.60. The van der Waals surface area contributed by atoms with Crippen molar-refractivity contribution in [2.45, 2.75) is 0 Å². The number of nitrogens with zero attached hydrogens (tertiary/aromatic N) is 1. The van der Waals surface area contributed by atoms with E-state index in [9.17, 15) is 9.59 Å². The van der Waals surface area contributed by atoms with Crippen LogP contribution in [0, 0.1) is 0 Å². The Morgan fingerprint density at radius 1 is 0.968 bits per heavy atom. The summed E-state index contributed by atoms with van der Waals surface area (Å²) in [6, 6.07) is 21.6. The van der Waals surface area contributed by atoms with E-state index < -0.39 is 5.97 Å². The zero-order valence-electron chi connectivity index (χ0n) is 16.5. The third-order valence-electron chi connectivity index (χ3n) is 4.86. The first-order valence-corrected chi connectivity index (χ1v) is 10.2. The van der Waals surface area contributed by atoms with Gasteiger partial charge in [-0.15, -0.1) is 0 Å². The van der Waals surface area contributed by atoms with Crippen LogP contribution in [0.15, 0.2) is 84.4 Å². The molecular formula is C25H17Cl2NO3. The van der Waals surface area contributed by atoms with E-state index in [1.165, 1.54) is 7.11 Å². The van der Waals surface area contributed by atoms with Crippen LogP contribution in [0.5, 0.6) is 0 Å². The van der Waals surface area contributed by atoms with Crippen molar-refractivity contribution in [3.05, 3.63) is 111 Å². The molecule has 1 aliphatic heterocycles. The van der Waals surface area contributed by atoms with Crippen LogP contribution in [0.3, 0.4) is 0 Å². The molecule has 0 N–H and O–H groups in total. The molecule has 0 atom stereocenters. The number of methoxy groups -OCH3 is 1. The number of hydrogen-bond acceptors (Lipinski definition) is 3. The molecule has 1 aliphatic rings. The molecule has 6 heteroatoms. The van der Waals surface area contributed by atoms with E-state index in [1.807, 2.05) is 54.6 Å². The molecule has 0 spiro atoms. The number of carbonyl (C=O) groups is 2. The molecule has 4 rings (SSSR count). The number of ether oxygens (including phenoxy) is 1. The van der Waals surface area contributed by atoms with Crippen molar-refractivity contribution in [3.8, 4) is 0 Å². The highest BCUT2D eigenvalue weighted by Gasteiger charge is 2.31. The molecule has 31 heavy (non-hydrogen) atoms. The minimum atomic E-state index is -0.574. The third-order valence-corrected chi connectivity index (χ3v) is 5.44. The summed E-state index contributed by atoms with van der Waals surface area (Å²) in [5.74, 6) is -0.789. The average molecular weight is 450 g/mol. The summed E-state index contributed by atoms with van der Waals surface area (Å²) < 4.78 is 4.82. The van der Waals surface area contributed by atoms with Crippen LogP contribution in [0.2, 0.25) is 10.0 Å². The summed E-state index contributed by atoms with van der Waals surface area (Å²) in [4.78, 5) is 27.1. The molecule has 0 unspecified atom stereocenters. The number of carbonyl (C=O) groups excluding carboxylic acids is 2. The van der Waals surface area contributed by atoms with Gasteiger partial charge in [0.15, 0.2) is 0 Å². The molecular weight excluding hydrogens is 433 g/mol. The molecule has 1 heterocycles. The zero-order valence-corrected chi connectivity index (χ0v) is 18.0. The average Bonchev–Trinajstić information content (AvgIpc) is 3.10. The van der Waals surface area contributed by atoms with Gasteiger partial charge in [-0.2, -0.15) is 0 Å². The Bertz CT molecular complexity index is 1220. The first-order valence-electron chi connectivity index (χ1n) is 9.44. The standard InChI is InChI=1S/C25H17Cl2NO3/c1-31-25(30)21-15-20(11-12-22(21)27)28-23(17-7-9-19(26)10-8-17)14-18(24(28)29)13-16-5-3-2-4-6-16/h2-15H,1H3/b18-13+. The molecule has 1 amide bonds. The molecule has 0 radical (unpaired) electrons. The van der Waals surface area contributed by atoms with E-state index in [1.54, 1.807) is 35.2 Å². The van der Waals surface area contributed by atoms with Crippen molar-refractivity contribution in [1.29, 1.82) is 0 Å². The van der Waals surface area contributed by atoms with Gasteiger partial charge in [0.1, 0.15) is 0 Å². The molecule has 0 aromatic heterocycles. The normalized spacial score (nSPS) is 14.7. The largest absolute Gasteiger partial charge is 0.465 e. The lowest BCUT2D eigenvalue weighted by Gasteiger charge is -2.21. The van der Waals surface area contributed by atoms with Crippen molar-refractivity contribution in [2.75, 3.05) is 12.0 Å². The van der Waals surface area contributed by atoms with Gasteiger partial charge in [-0.25, -0.2) is 4.79 Å². The summed E-state index contributed by atoms with van der Waals surface area (Å²) >= 11 is 12.2. The smallest absolute Gasteiger partial charge is 0.339 e. The van der Waals surface area contributed by atoms with Crippen LogP contribution in [0.25, 0.3) is 11.8 Å². The van der Waals surface area contributed by atoms with Crippen LogP contribution >= 0.6 is 23.2 Å². The second kappa shape index (κ2) is 8.80. The Labute approximate surface area is 190 Å². The van der Waals surface area contributed by atoms with Gasteiger partial charge in [-0.1, -0.05) is 65.7 Å². The molecule has 0 saturated carbocycles. The van der Waals surface area contributed by atoms with Gasteiger partial charge in [-0.05, 0) is 53.6 Å². The number of hydrogen-bond donors (Lipinski definition) is 0. The first-order chi connectivity index (χ1) is 15.0. The van der Waals surface area contributed by atoms with E-state index in [4.69, 9.17) is 27.9 Å². The Hall–Kier alpha value is -3.34. The maximum Gasteiger partial charge on any atom is 0.339 e. The van der Waals surface area contributed by atoms with Crippen LogP contribution in [-0.2, 0) is 9.53 Å². The van der Waals surface area contributed by atoms with Crippen molar-refractivity contribution >= 4 is 52.5 Å². The van der Waals surface area contributed by atoms with Gasteiger partial charge in [0.25, 0.3) is 5.91 Å². The lowest BCUT2D eigenvalue weighted by atomic mass is 10.1. The Kier molecular flexibility index (Phi) is 5.94. The quantitative estimate of drug-likeness (QED) is 0.349. The summed E-state index contributed by atoms with van der Waals surface area (Å²) in [6.07, 6.45) is 3.65. The molecule has 0 saturated heterocycles. The Morgan fingerprint density at radius 2 is 1.68 bits per heavy atom. The molecule has 4 nitrogen and oxygen atoms in total. The third kappa shape index (κ3) is 4.26. The molecule has 0 bridgehead atoms. The second-order valence-electron chi connectivity index (χ2n) is 6.84. The van der Waals surface area contributed by atoms with Crippen LogP contribution < -0.4 is 4.90 Å². The van der Waals surface area contributed by atoms with E-state index in [0.29, 0.717) is 22.0 Å². The second-order valence-corrected chi connectivity index (χ2v) is 7.69.